The van der Waals surface area contributed by atoms with Crippen LogP contribution < -0.4 is 5.43 Å². The molecule has 0 aliphatic heterocycles. The van der Waals surface area contributed by atoms with Gasteiger partial charge in [0.15, 0.2) is 16.7 Å². The molecular formula is C20H11NO5. The highest BCUT2D eigenvalue weighted by atomic mass is 16.4. The topological polar surface area (TPSA) is 96.7 Å². The highest BCUT2D eigenvalue weighted by Gasteiger charge is 2.19. The highest BCUT2D eigenvalue weighted by Crippen LogP contribution is 2.35. The van der Waals surface area contributed by atoms with Crippen molar-refractivity contribution in [3.63, 3.8) is 0 Å². The second-order valence-electron chi connectivity index (χ2n) is 5.94. The lowest BCUT2D eigenvalue weighted by Crippen LogP contribution is -2.02. The smallest absolute Gasteiger partial charge is 0.227 e. The van der Waals surface area contributed by atoms with E-state index in [1.54, 1.807) is 36.4 Å². The van der Waals surface area contributed by atoms with E-state index >= 15 is 0 Å². The predicted molar refractivity (Wildman–Crippen MR) is 96.3 cm³/mol. The molecular weight excluding hydrogens is 334 g/mol. The van der Waals surface area contributed by atoms with Gasteiger partial charge in [-0.05, 0) is 36.4 Å². The molecule has 0 amide bonds. The van der Waals surface area contributed by atoms with E-state index in [1.165, 1.54) is 18.2 Å². The lowest BCUT2D eigenvalue weighted by molar-refractivity contribution is 0.475. The second kappa shape index (κ2) is 5.10. The minimum atomic E-state index is -0.324. The zero-order valence-electron chi connectivity index (χ0n) is 13.3. The molecule has 0 unspecified atom stereocenters. The van der Waals surface area contributed by atoms with Crippen LogP contribution in [0.5, 0.6) is 11.5 Å². The van der Waals surface area contributed by atoms with E-state index in [-0.39, 0.29) is 27.9 Å². The number of hydrogen-bond acceptors (Lipinski definition) is 6. The first-order valence-electron chi connectivity index (χ1n) is 7.89. The zero-order valence-corrected chi connectivity index (χ0v) is 13.3. The quantitative estimate of drug-likeness (QED) is 0.443. The molecule has 0 atom stereocenters. The number of rotatable bonds is 1. The Kier molecular flexibility index (Phi) is 2.85. The van der Waals surface area contributed by atoms with Crippen LogP contribution in [-0.4, -0.2) is 15.2 Å². The number of aromatic nitrogens is 1. The molecule has 6 nitrogen and oxygen atoms in total. The summed E-state index contributed by atoms with van der Waals surface area (Å²) in [6.07, 6.45) is 0. The maximum absolute atomic E-state index is 12.8. The van der Waals surface area contributed by atoms with Gasteiger partial charge in [-0.25, -0.2) is 4.98 Å². The molecule has 0 saturated carbocycles. The van der Waals surface area contributed by atoms with Gasteiger partial charge in [-0.2, -0.15) is 0 Å². The average Bonchev–Trinajstić information content (AvgIpc) is 3.06. The molecule has 0 fully saturated rings. The van der Waals surface area contributed by atoms with Crippen molar-refractivity contribution >= 4 is 33.0 Å². The van der Waals surface area contributed by atoms with Crippen LogP contribution in [0.25, 0.3) is 44.5 Å². The Morgan fingerprint density at radius 2 is 1.65 bits per heavy atom. The van der Waals surface area contributed by atoms with Gasteiger partial charge in [-0.1, -0.05) is 12.1 Å². The van der Waals surface area contributed by atoms with Crippen molar-refractivity contribution in [1.29, 1.82) is 0 Å². The molecule has 2 N–H and O–H groups in total. The highest BCUT2D eigenvalue weighted by molar-refractivity contribution is 6.06. The summed E-state index contributed by atoms with van der Waals surface area (Å²) in [6, 6.07) is 14.6. The molecule has 5 aromatic rings. The van der Waals surface area contributed by atoms with E-state index in [9.17, 15) is 15.0 Å². The van der Waals surface area contributed by atoms with Crippen LogP contribution in [0.2, 0.25) is 0 Å². The summed E-state index contributed by atoms with van der Waals surface area (Å²) in [5, 5.41) is 20.2. The first-order valence-corrected chi connectivity index (χ1v) is 7.89. The molecule has 2 aromatic heterocycles. The molecule has 5 rings (SSSR count). The van der Waals surface area contributed by atoms with Crippen LogP contribution >= 0.6 is 0 Å². The number of aromatic hydroxyl groups is 2. The Morgan fingerprint density at radius 1 is 0.885 bits per heavy atom. The van der Waals surface area contributed by atoms with Crippen LogP contribution in [0.1, 0.15) is 0 Å². The van der Waals surface area contributed by atoms with Crippen molar-refractivity contribution in [1.82, 2.24) is 4.98 Å². The van der Waals surface area contributed by atoms with Gasteiger partial charge in [-0.15, -0.1) is 0 Å². The molecule has 3 aromatic carbocycles. The van der Waals surface area contributed by atoms with Crippen molar-refractivity contribution in [3.8, 4) is 23.0 Å². The third-order valence-corrected chi connectivity index (χ3v) is 4.30. The molecule has 26 heavy (non-hydrogen) atoms. The Balaban J connectivity index is 1.89. The van der Waals surface area contributed by atoms with Gasteiger partial charge in [0.2, 0.25) is 11.3 Å². The summed E-state index contributed by atoms with van der Waals surface area (Å²) in [7, 11) is 0. The Hall–Kier alpha value is -3.80. The largest absolute Gasteiger partial charge is 0.508 e. The molecule has 0 aliphatic rings. The molecule has 6 heteroatoms. The van der Waals surface area contributed by atoms with Crippen LogP contribution in [-0.2, 0) is 0 Å². The maximum Gasteiger partial charge on any atom is 0.227 e. The number of para-hydroxylation sites is 1. The van der Waals surface area contributed by atoms with Crippen molar-refractivity contribution in [2.24, 2.45) is 0 Å². The fraction of sp³-hybridized carbons (Fsp3) is 0. The van der Waals surface area contributed by atoms with Crippen LogP contribution in [0.3, 0.4) is 0 Å². The van der Waals surface area contributed by atoms with E-state index in [0.717, 1.165) is 0 Å². The van der Waals surface area contributed by atoms with Crippen LogP contribution in [0, 0.1) is 0 Å². The summed E-state index contributed by atoms with van der Waals surface area (Å²) in [5.74, 6) is 0.202. The minimum Gasteiger partial charge on any atom is -0.508 e. The Morgan fingerprint density at radius 3 is 2.46 bits per heavy atom. The van der Waals surface area contributed by atoms with Gasteiger partial charge < -0.3 is 19.0 Å². The van der Waals surface area contributed by atoms with Gasteiger partial charge >= 0.3 is 0 Å². The maximum atomic E-state index is 12.8. The number of benzene rings is 3. The fourth-order valence-electron chi connectivity index (χ4n) is 3.06. The summed E-state index contributed by atoms with van der Waals surface area (Å²) >= 11 is 0. The molecule has 126 valence electrons. The first-order chi connectivity index (χ1) is 12.6. The summed E-state index contributed by atoms with van der Waals surface area (Å²) in [4.78, 5) is 17.2. The second-order valence-corrected chi connectivity index (χ2v) is 5.94. The number of oxazole rings is 1. The number of fused-ring (bicyclic) bond motifs is 4. The van der Waals surface area contributed by atoms with E-state index < -0.39 is 0 Å². The Labute approximate surface area is 145 Å². The van der Waals surface area contributed by atoms with Gasteiger partial charge in [0.25, 0.3) is 0 Å². The van der Waals surface area contributed by atoms with Gasteiger partial charge in [0.05, 0.1) is 5.39 Å². The zero-order chi connectivity index (χ0) is 17.8. The van der Waals surface area contributed by atoms with Crippen LogP contribution in [0.15, 0.2) is 68.2 Å². The van der Waals surface area contributed by atoms with Gasteiger partial charge in [0.1, 0.15) is 22.5 Å². The standard InChI is InChI=1S/C20H11NO5/c22-11-7-5-10(6-8-11)20-21-17-15(26-20)9-13(23)16-18(24)12-3-1-2-4-14(12)25-19(16)17/h1-9,22-23H. The van der Waals surface area contributed by atoms with E-state index in [2.05, 4.69) is 4.98 Å². The van der Waals surface area contributed by atoms with E-state index in [0.29, 0.717) is 33.5 Å². The molecule has 0 saturated heterocycles. The fourth-order valence-corrected chi connectivity index (χ4v) is 3.06. The van der Waals surface area contributed by atoms with Crippen LogP contribution in [0.4, 0.5) is 0 Å². The molecule has 0 aliphatic carbocycles. The molecule has 0 radical (unpaired) electrons. The third-order valence-electron chi connectivity index (χ3n) is 4.30. The number of phenolic OH excluding ortho intramolecular Hbond substituents is 2. The predicted octanol–water partition coefficient (Wildman–Crippen LogP) is 4.17. The normalized spacial score (nSPS) is 11.5. The third kappa shape index (κ3) is 1.99. The SMILES string of the molecule is O=c1c2ccccc2oc2c1c(O)cc1oc(-c3ccc(O)cc3)nc12. The first kappa shape index (κ1) is 14.5. The van der Waals surface area contributed by atoms with Gasteiger partial charge in [-0.3, -0.25) is 4.79 Å². The van der Waals surface area contributed by atoms with Gasteiger partial charge in [0, 0.05) is 11.6 Å². The molecule has 0 spiro atoms. The number of hydrogen-bond donors (Lipinski definition) is 2. The average molecular weight is 345 g/mol. The minimum absolute atomic E-state index is 0.0711. The molecule has 0 bridgehead atoms. The van der Waals surface area contributed by atoms with Crippen molar-refractivity contribution < 1.29 is 19.0 Å². The van der Waals surface area contributed by atoms with E-state index in [4.69, 9.17) is 8.83 Å². The van der Waals surface area contributed by atoms with Crippen molar-refractivity contribution in [2.75, 3.05) is 0 Å². The summed E-state index contributed by atoms with van der Waals surface area (Å²) in [5.41, 5.74) is 1.56. The number of phenols is 2. The monoisotopic (exact) mass is 345 g/mol. The summed E-state index contributed by atoms with van der Waals surface area (Å²) in [6.45, 7) is 0. The molecule has 2 heterocycles. The lowest BCUT2D eigenvalue weighted by atomic mass is 10.1. The number of nitrogens with zero attached hydrogens (tertiary/aromatic N) is 1. The Bertz CT molecular complexity index is 1360. The van der Waals surface area contributed by atoms with E-state index in [1.807, 2.05) is 0 Å². The summed E-state index contributed by atoms with van der Waals surface area (Å²) < 4.78 is 11.6. The van der Waals surface area contributed by atoms with Crippen molar-refractivity contribution in [2.45, 2.75) is 0 Å². The van der Waals surface area contributed by atoms with Crippen molar-refractivity contribution in [3.05, 3.63) is 64.8 Å². The lowest BCUT2D eigenvalue weighted by Gasteiger charge is -2.03.